The summed E-state index contributed by atoms with van der Waals surface area (Å²) >= 11 is 0. The van der Waals surface area contributed by atoms with E-state index in [0.717, 1.165) is 16.9 Å². The van der Waals surface area contributed by atoms with E-state index in [1.807, 2.05) is 55.5 Å². The van der Waals surface area contributed by atoms with Gasteiger partial charge in [-0.15, -0.1) is 0 Å². The minimum atomic E-state index is -0.191. The van der Waals surface area contributed by atoms with Crippen LogP contribution in [-0.4, -0.2) is 25.6 Å². The molecule has 0 saturated carbocycles. The van der Waals surface area contributed by atoms with E-state index in [1.165, 1.54) is 0 Å². The van der Waals surface area contributed by atoms with Crippen molar-refractivity contribution in [1.29, 1.82) is 0 Å². The Kier molecular flexibility index (Phi) is 5.80. The second-order valence-electron chi connectivity index (χ2n) is 4.95. The molecular weight excluding hydrogens is 278 g/mol. The largest absolute Gasteiger partial charge is 0.484 e. The second kappa shape index (κ2) is 8.05. The minimum absolute atomic E-state index is 0.0335. The molecule has 0 fully saturated rings. The van der Waals surface area contributed by atoms with Gasteiger partial charge in [-0.1, -0.05) is 23.8 Å². The van der Waals surface area contributed by atoms with Crippen LogP contribution >= 0.6 is 0 Å². The summed E-state index contributed by atoms with van der Waals surface area (Å²) in [6.07, 6.45) is 0. The lowest BCUT2D eigenvalue weighted by Crippen LogP contribution is -2.20. The van der Waals surface area contributed by atoms with Crippen molar-refractivity contribution < 1.29 is 9.53 Å². The fourth-order valence-electron chi connectivity index (χ4n) is 1.90. The maximum Gasteiger partial charge on any atom is 0.262 e. The van der Waals surface area contributed by atoms with Crippen LogP contribution in [0.1, 0.15) is 5.56 Å². The van der Waals surface area contributed by atoms with Crippen LogP contribution in [0, 0.1) is 6.92 Å². The zero-order chi connectivity index (χ0) is 15.8. The van der Waals surface area contributed by atoms with Crippen molar-refractivity contribution >= 4 is 17.3 Å². The Labute approximate surface area is 130 Å². The first-order chi connectivity index (χ1) is 10.7. The Morgan fingerprint density at radius 1 is 1.14 bits per heavy atom. The molecule has 22 heavy (non-hydrogen) atoms. The molecule has 0 radical (unpaired) electrons. The highest BCUT2D eigenvalue weighted by Crippen LogP contribution is 2.17. The van der Waals surface area contributed by atoms with Crippen LogP contribution in [0.3, 0.4) is 0 Å². The summed E-state index contributed by atoms with van der Waals surface area (Å²) in [6.45, 7) is 3.22. The van der Waals surface area contributed by atoms with Gasteiger partial charge in [0.15, 0.2) is 6.61 Å². The summed E-state index contributed by atoms with van der Waals surface area (Å²) < 4.78 is 5.50. The zero-order valence-corrected chi connectivity index (χ0v) is 12.6. The molecule has 0 saturated heterocycles. The molecule has 1 amide bonds. The van der Waals surface area contributed by atoms with Gasteiger partial charge in [0.25, 0.3) is 5.91 Å². The van der Waals surface area contributed by atoms with E-state index in [9.17, 15) is 4.79 Å². The van der Waals surface area contributed by atoms with E-state index >= 15 is 0 Å². The lowest BCUT2D eigenvalue weighted by Gasteiger charge is -2.10. The maximum absolute atomic E-state index is 11.9. The van der Waals surface area contributed by atoms with Gasteiger partial charge >= 0.3 is 0 Å². The average Bonchev–Trinajstić information content (AvgIpc) is 2.53. The maximum atomic E-state index is 11.9. The Bertz CT molecular complexity index is 612. The number of hydrogen-bond donors (Lipinski definition) is 3. The Morgan fingerprint density at radius 3 is 2.64 bits per heavy atom. The lowest BCUT2D eigenvalue weighted by atomic mass is 10.2. The number of carbonyl (C=O) groups is 1. The number of rotatable bonds is 7. The number of benzene rings is 2. The molecule has 0 unspecified atom stereocenters. The second-order valence-corrected chi connectivity index (χ2v) is 4.95. The summed E-state index contributed by atoms with van der Waals surface area (Å²) in [7, 11) is 0. The molecule has 0 aromatic heterocycles. The quantitative estimate of drug-likeness (QED) is 0.733. The molecule has 2 aromatic carbocycles. The van der Waals surface area contributed by atoms with Gasteiger partial charge in [0, 0.05) is 30.5 Å². The fourth-order valence-corrected chi connectivity index (χ4v) is 1.90. The standard InChI is InChI=1S/C17H21N3O2/c1-13-5-7-14(8-6-13)20-17(21)12-22-16-4-2-3-15(11-16)19-10-9-18/h2-8,11,19H,9-10,12,18H2,1H3,(H,20,21). The van der Waals surface area contributed by atoms with E-state index in [1.54, 1.807) is 0 Å². The van der Waals surface area contributed by atoms with E-state index in [2.05, 4.69) is 10.6 Å². The van der Waals surface area contributed by atoms with Crippen LogP contribution in [0.2, 0.25) is 0 Å². The molecule has 4 N–H and O–H groups in total. The number of carbonyl (C=O) groups excluding carboxylic acids is 1. The third-order valence-electron chi connectivity index (χ3n) is 3.01. The van der Waals surface area contributed by atoms with Crippen molar-refractivity contribution in [3.8, 4) is 5.75 Å². The number of anilines is 2. The third kappa shape index (κ3) is 5.10. The molecule has 0 spiro atoms. The highest BCUT2D eigenvalue weighted by atomic mass is 16.5. The molecule has 5 heteroatoms. The first-order valence-corrected chi connectivity index (χ1v) is 7.21. The van der Waals surface area contributed by atoms with Crippen molar-refractivity contribution in [2.24, 2.45) is 5.73 Å². The van der Waals surface area contributed by atoms with Crippen LogP contribution in [0.25, 0.3) is 0 Å². The zero-order valence-electron chi connectivity index (χ0n) is 12.6. The molecule has 0 atom stereocenters. The number of ether oxygens (including phenoxy) is 1. The Morgan fingerprint density at radius 2 is 1.91 bits per heavy atom. The summed E-state index contributed by atoms with van der Waals surface area (Å²) in [5.74, 6) is 0.449. The summed E-state index contributed by atoms with van der Waals surface area (Å²) in [6, 6.07) is 15.1. The van der Waals surface area contributed by atoms with E-state index in [4.69, 9.17) is 10.5 Å². The lowest BCUT2D eigenvalue weighted by molar-refractivity contribution is -0.118. The Balaban J connectivity index is 1.84. The van der Waals surface area contributed by atoms with Crippen LogP contribution in [0.4, 0.5) is 11.4 Å². The van der Waals surface area contributed by atoms with Gasteiger partial charge in [-0.2, -0.15) is 0 Å². The van der Waals surface area contributed by atoms with Crippen LogP contribution in [0.5, 0.6) is 5.75 Å². The van der Waals surface area contributed by atoms with Gasteiger partial charge in [0.2, 0.25) is 0 Å². The van der Waals surface area contributed by atoms with Crippen molar-refractivity contribution in [1.82, 2.24) is 0 Å². The topological polar surface area (TPSA) is 76.4 Å². The van der Waals surface area contributed by atoms with Crippen molar-refractivity contribution in [2.45, 2.75) is 6.92 Å². The number of nitrogens with one attached hydrogen (secondary N) is 2. The highest BCUT2D eigenvalue weighted by Gasteiger charge is 2.04. The first kappa shape index (κ1) is 15.9. The van der Waals surface area contributed by atoms with Crippen LogP contribution in [0.15, 0.2) is 48.5 Å². The monoisotopic (exact) mass is 299 g/mol. The van der Waals surface area contributed by atoms with Crippen molar-refractivity contribution in [3.63, 3.8) is 0 Å². The molecule has 116 valence electrons. The molecule has 2 aromatic rings. The molecule has 5 nitrogen and oxygen atoms in total. The average molecular weight is 299 g/mol. The smallest absolute Gasteiger partial charge is 0.262 e. The van der Waals surface area contributed by atoms with Gasteiger partial charge in [0.1, 0.15) is 5.75 Å². The van der Waals surface area contributed by atoms with Gasteiger partial charge in [-0.05, 0) is 31.2 Å². The van der Waals surface area contributed by atoms with Gasteiger partial charge in [-0.3, -0.25) is 4.79 Å². The van der Waals surface area contributed by atoms with Gasteiger partial charge < -0.3 is 21.1 Å². The molecule has 0 bridgehead atoms. The number of amides is 1. The number of aryl methyl sites for hydroxylation is 1. The van der Waals surface area contributed by atoms with E-state index in [0.29, 0.717) is 18.8 Å². The van der Waals surface area contributed by atoms with Crippen molar-refractivity contribution in [3.05, 3.63) is 54.1 Å². The summed E-state index contributed by atoms with van der Waals surface area (Å²) in [5, 5.41) is 5.95. The van der Waals surface area contributed by atoms with E-state index < -0.39 is 0 Å². The summed E-state index contributed by atoms with van der Waals surface area (Å²) in [4.78, 5) is 11.9. The molecule has 2 rings (SSSR count). The van der Waals surface area contributed by atoms with Gasteiger partial charge in [0.05, 0.1) is 0 Å². The number of nitrogens with two attached hydrogens (primary N) is 1. The first-order valence-electron chi connectivity index (χ1n) is 7.21. The van der Waals surface area contributed by atoms with Crippen molar-refractivity contribution in [2.75, 3.05) is 30.3 Å². The Hall–Kier alpha value is -2.53. The number of hydrogen-bond acceptors (Lipinski definition) is 4. The highest BCUT2D eigenvalue weighted by molar-refractivity contribution is 5.91. The SMILES string of the molecule is Cc1ccc(NC(=O)COc2cccc(NCCN)c2)cc1. The van der Waals surface area contributed by atoms with Crippen LogP contribution < -0.4 is 21.1 Å². The molecule has 0 aliphatic carbocycles. The van der Waals surface area contributed by atoms with Crippen LogP contribution in [-0.2, 0) is 4.79 Å². The fraction of sp³-hybridized carbons (Fsp3) is 0.235. The van der Waals surface area contributed by atoms with Gasteiger partial charge in [-0.25, -0.2) is 0 Å². The molecular formula is C17H21N3O2. The summed E-state index contributed by atoms with van der Waals surface area (Å²) in [5.41, 5.74) is 8.28. The van der Waals surface area contributed by atoms with E-state index in [-0.39, 0.29) is 12.5 Å². The minimum Gasteiger partial charge on any atom is -0.484 e. The molecule has 0 heterocycles. The molecule has 0 aliphatic heterocycles. The predicted octanol–water partition coefficient (Wildman–Crippen LogP) is 2.38. The third-order valence-corrected chi connectivity index (χ3v) is 3.01. The normalized spacial score (nSPS) is 10.1. The molecule has 0 aliphatic rings. The predicted molar refractivity (Wildman–Crippen MR) is 89.3 cm³/mol.